The number of rotatable bonds is 3. The van der Waals surface area contributed by atoms with E-state index in [4.69, 9.17) is 4.74 Å². The van der Waals surface area contributed by atoms with E-state index in [1.54, 1.807) is 17.4 Å². The summed E-state index contributed by atoms with van der Waals surface area (Å²) in [5, 5.41) is 4.51. The molecular weight excluding hydrogens is 352 g/mol. The zero-order valence-corrected chi connectivity index (χ0v) is 16.7. The Balaban J connectivity index is 1.40. The van der Waals surface area contributed by atoms with Crippen LogP contribution in [0.4, 0.5) is 0 Å². The molecule has 0 unspecified atom stereocenters. The number of sulfonamides is 1. The number of morpholine rings is 1. The van der Waals surface area contributed by atoms with Gasteiger partial charge in [-0.25, -0.2) is 8.42 Å². The summed E-state index contributed by atoms with van der Waals surface area (Å²) < 4.78 is 34.6. The largest absolute Gasteiger partial charge is 0.379 e. The Morgan fingerprint density at radius 2 is 1.85 bits per heavy atom. The van der Waals surface area contributed by atoms with Gasteiger partial charge in [0.1, 0.15) is 0 Å². The van der Waals surface area contributed by atoms with Crippen LogP contribution in [0, 0.1) is 12.3 Å². The Hall–Kier alpha value is -0.960. The van der Waals surface area contributed by atoms with Crippen molar-refractivity contribution in [1.82, 2.24) is 19.0 Å². The zero-order valence-electron chi connectivity index (χ0n) is 15.9. The third-order valence-corrected chi connectivity index (χ3v) is 8.54. The molecule has 1 atom stereocenters. The van der Waals surface area contributed by atoms with E-state index in [1.807, 2.05) is 6.92 Å². The van der Waals surface area contributed by atoms with E-state index in [2.05, 4.69) is 10.00 Å². The third-order valence-electron chi connectivity index (χ3n) is 6.58. The first-order valence-electron chi connectivity index (χ1n) is 9.72. The van der Waals surface area contributed by atoms with E-state index >= 15 is 0 Å². The molecule has 0 radical (unpaired) electrons. The summed E-state index contributed by atoms with van der Waals surface area (Å²) >= 11 is 0. The smallest absolute Gasteiger partial charge is 0.260 e. The Morgan fingerprint density at radius 3 is 2.46 bits per heavy atom. The number of aryl methyl sites for hydroxylation is 2. The maximum atomic E-state index is 13.0. The highest BCUT2D eigenvalue weighted by atomic mass is 32.2. The van der Waals surface area contributed by atoms with Crippen molar-refractivity contribution in [2.24, 2.45) is 12.5 Å². The molecule has 0 N–H and O–H groups in total. The predicted molar refractivity (Wildman–Crippen MR) is 98.4 cm³/mol. The van der Waals surface area contributed by atoms with Gasteiger partial charge in [0.2, 0.25) is 0 Å². The maximum absolute atomic E-state index is 13.0. The van der Waals surface area contributed by atoms with Gasteiger partial charge in [-0.15, -0.1) is 0 Å². The van der Waals surface area contributed by atoms with Crippen LogP contribution < -0.4 is 0 Å². The standard InChI is InChI=1S/C18H30N4O3S/c1-15-13-17(20(2)19-15)26(23,24)22-7-5-18(6-8-22)4-3-16(14-18)21-9-11-25-12-10-21/h13,16H,3-12,14H2,1-2H3/t16-/m1/s1. The topological polar surface area (TPSA) is 67.7 Å². The average molecular weight is 383 g/mol. The molecule has 8 heteroatoms. The second-order valence-corrected chi connectivity index (χ2v) is 10.1. The number of piperidine rings is 1. The molecule has 146 valence electrons. The fraction of sp³-hybridized carbons (Fsp3) is 0.833. The number of hydrogen-bond acceptors (Lipinski definition) is 5. The first-order chi connectivity index (χ1) is 12.4. The average Bonchev–Trinajstić information content (AvgIpc) is 3.20. The van der Waals surface area contributed by atoms with Gasteiger partial charge in [-0.1, -0.05) is 0 Å². The van der Waals surface area contributed by atoms with Crippen LogP contribution in [0.5, 0.6) is 0 Å². The fourth-order valence-corrected chi connectivity index (χ4v) is 6.67. The molecule has 3 aliphatic rings. The van der Waals surface area contributed by atoms with E-state index in [0.29, 0.717) is 29.6 Å². The van der Waals surface area contributed by atoms with Gasteiger partial charge in [0.05, 0.1) is 18.9 Å². The first kappa shape index (κ1) is 18.4. The molecule has 1 aliphatic carbocycles. The lowest BCUT2D eigenvalue weighted by Gasteiger charge is -2.40. The number of ether oxygens (including phenoxy) is 1. The van der Waals surface area contributed by atoms with Crippen LogP contribution >= 0.6 is 0 Å². The van der Waals surface area contributed by atoms with Crippen molar-refractivity contribution in [3.8, 4) is 0 Å². The number of aromatic nitrogens is 2. The van der Waals surface area contributed by atoms with Crippen molar-refractivity contribution < 1.29 is 13.2 Å². The van der Waals surface area contributed by atoms with E-state index in [9.17, 15) is 8.42 Å². The highest BCUT2D eigenvalue weighted by Crippen LogP contribution is 2.48. The molecule has 0 aromatic carbocycles. The minimum absolute atomic E-state index is 0.309. The molecule has 3 heterocycles. The summed E-state index contributed by atoms with van der Waals surface area (Å²) in [6.07, 6.45) is 5.64. The van der Waals surface area contributed by atoms with Gasteiger partial charge in [0.25, 0.3) is 10.0 Å². The lowest BCUT2D eigenvalue weighted by atomic mass is 9.77. The molecular formula is C18H30N4O3S. The quantitative estimate of drug-likeness (QED) is 0.790. The predicted octanol–water partition coefficient (Wildman–Crippen LogP) is 1.38. The van der Waals surface area contributed by atoms with Crippen LogP contribution in [0.2, 0.25) is 0 Å². The van der Waals surface area contributed by atoms with Crippen LogP contribution in [0.3, 0.4) is 0 Å². The zero-order chi connectivity index (χ0) is 18.4. The van der Waals surface area contributed by atoms with Gasteiger partial charge >= 0.3 is 0 Å². The SMILES string of the molecule is Cc1cc(S(=O)(=O)N2CCC3(CC[C@@H](N4CCOCC4)C3)CC2)n(C)n1. The second-order valence-electron chi connectivity index (χ2n) is 8.20. The Kier molecular flexibility index (Phi) is 4.88. The minimum Gasteiger partial charge on any atom is -0.379 e. The molecule has 0 amide bonds. The molecule has 1 aromatic heterocycles. The highest BCUT2D eigenvalue weighted by molar-refractivity contribution is 7.89. The van der Waals surface area contributed by atoms with Gasteiger partial charge in [0, 0.05) is 39.3 Å². The summed E-state index contributed by atoms with van der Waals surface area (Å²) in [4.78, 5) is 2.58. The number of nitrogens with zero attached hydrogens (tertiary/aromatic N) is 4. The van der Waals surface area contributed by atoms with Crippen molar-refractivity contribution >= 4 is 10.0 Å². The van der Waals surface area contributed by atoms with E-state index in [-0.39, 0.29) is 0 Å². The maximum Gasteiger partial charge on any atom is 0.260 e. The summed E-state index contributed by atoms with van der Waals surface area (Å²) in [5.41, 5.74) is 1.07. The highest BCUT2D eigenvalue weighted by Gasteiger charge is 2.45. The van der Waals surface area contributed by atoms with Gasteiger partial charge in [0.15, 0.2) is 5.03 Å². The van der Waals surface area contributed by atoms with Gasteiger partial charge in [-0.2, -0.15) is 9.40 Å². The lowest BCUT2D eigenvalue weighted by molar-refractivity contribution is 0.0137. The Bertz CT molecular complexity index is 746. The molecule has 1 spiro atoms. The van der Waals surface area contributed by atoms with Crippen molar-refractivity contribution in [1.29, 1.82) is 0 Å². The molecule has 7 nitrogen and oxygen atoms in total. The van der Waals surface area contributed by atoms with Crippen LogP contribution in [-0.4, -0.2) is 72.8 Å². The number of hydrogen-bond donors (Lipinski definition) is 0. The van der Waals surface area contributed by atoms with Crippen molar-refractivity contribution in [3.05, 3.63) is 11.8 Å². The summed E-state index contributed by atoms with van der Waals surface area (Å²) in [6, 6.07) is 2.32. The third kappa shape index (κ3) is 3.32. The monoisotopic (exact) mass is 382 g/mol. The molecule has 3 fully saturated rings. The fourth-order valence-electron chi connectivity index (χ4n) is 5.05. The summed E-state index contributed by atoms with van der Waals surface area (Å²) in [6.45, 7) is 6.86. The summed E-state index contributed by atoms with van der Waals surface area (Å²) in [7, 11) is -1.74. The minimum atomic E-state index is -3.45. The van der Waals surface area contributed by atoms with E-state index in [0.717, 1.165) is 44.8 Å². The van der Waals surface area contributed by atoms with Gasteiger partial charge in [-0.3, -0.25) is 9.58 Å². The first-order valence-corrected chi connectivity index (χ1v) is 11.2. The van der Waals surface area contributed by atoms with Gasteiger partial charge < -0.3 is 4.74 Å². The van der Waals surface area contributed by atoms with Crippen LogP contribution in [0.15, 0.2) is 11.1 Å². The van der Waals surface area contributed by atoms with Gasteiger partial charge in [-0.05, 0) is 50.5 Å². The molecule has 1 aromatic rings. The van der Waals surface area contributed by atoms with Crippen LogP contribution in [-0.2, 0) is 21.8 Å². The normalized spacial score (nSPS) is 28.0. The molecule has 0 bridgehead atoms. The molecule has 4 rings (SSSR count). The molecule has 2 saturated heterocycles. The van der Waals surface area contributed by atoms with E-state index in [1.165, 1.54) is 23.9 Å². The lowest BCUT2D eigenvalue weighted by Crippen LogP contribution is -2.45. The van der Waals surface area contributed by atoms with Crippen molar-refractivity contribution in [2.75, 3.05) is 39.4 Å². The molecule has 1 saturated carbocycles. The Morgan fingerprint density at radius 1 is 1.15 bits per heavy atom. The Labute approximate surface area is 156 Å². The van der Waals surface area contributed by atoms with Crippen molar-refractivity contribution in [2.45, 2.75) is 50.1 Å². The van der Waals surface area contributed by atoms with Crippen LogP contribution in [0.25, 0.3) is 0 Å². The molecule has 2 aliphatic heterocycles. The molecule has 26 heavy (non-hydrogen) atoms. The van der Waals surface area contributed by atoms with E-state index < -0.39 is 10.0 Å². The van der Waals surface area contributed by atoms with Crippen molar-refractivity contribution in [3.63, 3.8) is 0 Å². The second kappa shape index (κ2) is 6.89. The van der Waals surface area contributed by atoms with Crippen LogP contribution in [0.1, 0.15) is 37.8 Å². The summed E-state index contributed by atoms with van der Waals surface area (Å²) in [5.74, 6) is 0.